The summed E-state index contributed by atoms with van der Waals surface area (Å²) in [4.78, 5) is 18.8. The molecule has 0 amide bonds. The molecule has 178 valence electrons. The van der Waals surface area contributed by atoms with E-state index in [-0.39, 0.29) is 5.75 Å². The van der Waals surface area contributed by atoms with Crippen LogP contribution in [0.15, 0.2) is 67.4 Å². The maximum atomic E-state index is 14.0. The summed E-state index contributed by atoms with van der Waals surface area (Å²) in [5.74, 6) is -0.655. The van der Waals surface area contributed by atoms with Crippen molar-refractivity contribution >= 4 is 21.9 Å². The molecule has 6 rings (SSSR count). The van der Waals surface area contributed by atoms with Crippen LogP contribution in [-0.4, -0.2) is 54.2 Å². The van der Waals surface area contributed by atoms with Gasteiger partial charge in [0.15, 0.2) is 5.65 Å². The van der Waals surface area contributed by atoms with Crippen LogP contribution < -0.4 is 0 Å². The summed E-state index contributed by atoms with van der Waals surface area (Å²) < 4.78 is 14.0. The number of aromatic hydroxyl groups is 1. The average Bonchev–Trinajstić information content (AvgIpc) is 3.46. The van der Waals surface area contributed by atoms with Gasteiger partial charge < -0.3 is 15.0 Å². The Morgan fingerprint density at radius 3 is 2.53 bits per heavy atom. The number of phenols is 1. The molecule has 6 aromatic rings. The molecule has 0 bridgehead atoms. The third-order valence-corrected chi connectivity index (χ3v) is 6.04. The van der Waals surface area contributed by atoms with E-state index in [1.165, 1.54) is 12.1 Å². The molecule has 0 saturated heterocycles. The molecule has 0 radical (unpaired) electrons. The number of phenolic OH excluding ortho intramolecular Hbond substituents is 1. The number of nitrogens with zero attached hydrogens (tertiary/aromatic N) is 5. The summed E-state index contributed by atoms with van der Waals surface area (Å²) >= 11 is 0. The molecule has 0 aliphatic carbocycles. The Morgan fingerprint density at radius 2 is 1.69 bits per heavy atom. The predicted octanol–water partition coefficient (Wildman–Crippen LogP) is 5.14. The molecule has 5 aromatic heterocycles. The Morgan fingerprint density at radius 1 is 0.861 bits per heavy atom. The van der Waals surface area contributed by atoms with Gasteiger partial charge in [0.25, 0.3) is 0 Å². The monoisotopic (exact) mass is 479 g/mol. The first-order valence-electron chi connectivity index (χ1n) is 11.3. The number of pyridine rings is 3. The summed E-state index contributed by atoms with van der Waals surface area (Å²) in [5.41, 5.74) is 7.18. The lowest BCUT2D eigenvalue weighted by Gasteiger charge is -2.10. The highest BCUT2D eigenvalue weighted by atomic mass is 19.1. The zero-order chi connectivity index (χ0) is 24.8. The number of nitrogens with one attached hydrogen (secondary N) is 2. The van der Waals surface area contributed by atoms with Gasteiger partial charge in [-0.15, -0.1) is 0 Å². The maximum Gasteiger partial charge on any atom is 0.155 e. The Balaban J connectivity index is 1.45. The average molecular weight is 480 g/mol. The molecule has 3 N–H and O–H groups in total. The Bertz CT molecular complexity index is 1720. The number of hydrogen-bond donors (Lipinski definition) is 3. The quantitative estimate of drug-likeness (QED) is 0.316. The first kappa shape index (κ1) is 21.9. The van der Waals surface area contributed by atoms with E-state index in [2.05, 4.69) is 41.1 Å². The molecular formula is C27H22FN7O. The number of aromatic nitrogens is 6. The second kappa shape index (κ2) is 8.54. The molecule has 0 unspecified atom stereocenters. The minimum Gasteiger partial charge on any atom is -0.508 e. The number of H-pyrrole nitrogens is 2. The third-order valence-electron chi connectivity index (χ3n) is 6.04. The van der Waals surface area contributed by atoms with E-state index in [0.29, 0.717) is 22.5 Å². The van der Waals surface area contributed by atoms with E-state index in [0.717, 1.165) is 51.3 Å². The van der Waals surface area contributed by atoms with Crippen LogP contribution >= 0.6 is 0 Å². The number of aromatic amines is 2. The van der Waals surface area contributed by atoms with Crippen molar-refractivity contribution in [3.63, 3.8) is 0 Å². The fourth-order valence-corrected chi connectivity index (χ4v) is 4.50. The predicted molar refractivity (Wildman–Crippen MR) is 137 cm³/mol. The molecule has 0 spiro atoms. The lowest BCUT2D eigenvalue weighted by Crippen LogP contribution is -2.10. The van der Waals surface area contributed by atoms with Crippen LogP contribution in [0.3, 0.4) is 0 Å². The zero-order valence-corrected chi connectivity index (χ0v) is 19.6. The van der Waals surface area contributed by atoms with Crippen molar-refractivity contribution in [2.75, 3.05) is 14.1 Å². The van der Waals surface area contributed by atoms with Gasteiger partial charge >= 0.3 is 0 Å². The van der Waals surface area contributed by atoms with Crippen LogP contribution in [-0.2, 0) is 6.54 Å². The SMILES string of the molecule is CN(C)Cc1cncc(-c2cnc3[nH]nc(-c4cc5c(-c6cc(O)cc(F)c6)cncc5[nH]4)c3c2)c1. The molecule has 5 heterocycles. The van der Waals surface area contributed by atoms with Crippen molar-refractivity contribution in [2.45, 2.75) is 6.54 Å². The maximum absolute atomic E-state index is 14.0. The lowest BCUT2D eigenvalue weighted by atomic mass is 10.0. The van der Waals surface area contributed by atoms with Gasteiger partial charge in [-0.25, -0.2) is 9.37 Å². The Labute approximate surface area is 205 Å². The van der Waals surface area contributed by atoms with E-state index in [9.17, 15) is 9.50 Å². The minimum atomic E-state index is -0.515. The zero-order valence-electron chi connectivity index (χ0n) is 19.6. The largest absolute Gasteiger partial charge is 0.508 e. The lowest BCUT2D eigenvalue weighted by molar-refractivity contribution is 0.402. The summed E-state index contributed by atoms with van der Waals surface area (Å²) in [6, 6.07) is 10.1. The highest BCUT2D eigenvalue weighted by molar-refractivity contribution is 6.00. The number of hydrogen-bond acceptors (Lipinski definition) is 6. The highest BCUT2D eigenvalue weighted by Crippen LogP contribution is 2.35. The van der Waals surface area contributed by atoms with Crippen LogP contribution in [0.1, 0.15) is 5.56 Å². The number of benzene rings is 1. The first-order valence-corrected chi connectivity index (χ1v) is 11.3. The van der Waals surface area contributed by atoms with Gasteiger partial charge in [-0.05, 0) is 55.6 Å². The van der Waals surface area contributed by atoms with E-state index >= 15 is 0 Å². The van der Waals surface area contributed by atoms with Gasteiger partial charge in [0.1, 0.15) is 17.3 Å². The fourth-order valence-electron chi connectivity index (χ4n) is 4.50. The van der Waals surface area contributed by atoms with Crippen LogP contribution in [0.5, 0.6) is 5.75 Å². The number of fused-ring (bicyclic) bond motifs is 2. The summed E-state index contributed by atoms with van der Waals surface area (Å²) in [5, 5.41) is 19.1. The molecule has 1 aromatic carbocycles. The van der Waals surface area contributed by atoms with Gasteiger partial charge in [0.05, 0.1) is 17.4 Å². The molecule has 9 heteroatoms. The van der Waals surface area contributed by atoms with Crippen molar-refractivity contribution in [1.82, 2.24) is 35.0 Å². The molecule has 0 fully saturated rings. The van der Waals surface area contributed by atoms with E-state index in [1.54, 1.807) is 12.4 Å². The van der Waals surface area contributed by atoms with Gasteiger partial charge in [-0.1, -0.05) is 0 Å². The normalized spacial score (nSPS) is 11.7. The second-order valence-corrected chi connectivity index (χ2v) is 9.04. The topological polar surface area (TPSA) is 107 Å². The van der Waals surface area contributed by atoms with Gasteiger partial charge in [-0.2, -0.15) is 5.10 Å². The molecule has 0 saturated carbocycles. The molecular weight excluding hydrogens is 457 g/mol. The Hall–Kier alpha value is -4.63. The van der Waals surface area contributed by atoms with E-state index < -0.39 is 5.82 Å². The van der Waals surface area contributed by atoms with E-state index in [1.807, 2.05) is 44.8 Å². The molecule has 0 aliphatic rings. The summed E-state index contributed by atoms with van der Waals surface area (Å²) in [7, 11) is 4.05. The summed E-state index contributed by atoms with van der Waals surface area (Å²) in [6.07, 6.45) is 8.88. The molecule has 8 nitrogen and oxygen atoms in total. The van der Waals surface area contributed by atoms with Crippen molar-refractivity contribution in [1.29, 1.82) is 0 Å². The van der Waals surface area contributed by atoms with Gasteiger partial charge in [-0.3, -0.25) is 15.1 Å². The van der Waals surface area contributed by atoms with Crippen molar-refractivity contribution in [3.8, 4) is 39.4 Å². The highest BCUT2D eigenvalue weighted by Gasteiger charge is 2.16. The van der Waals surface area contributed by atoms with E-state index in [4.69, 9.17) is 0 Å². The second-order valence-electron chi connectivity index (χ2n) is 9.04. The summed E-state index contributed by atoms with van der Waals surface area (Å²) in [6.45, 7) is 0.794. The van der Waals surface area contributed by atoms with Gasteiger partial charge in [0.2, 0.25) is 0 Å². The fraction of sp³-hybridized carbons (Fsp3) is 0.111. The first-order chi connectivity index (χ1) is 17.4. The number of halogens is 1. The van der Waals surface area contributed by atoms with Crippen LogP contribution in [0, 0.1) is 5.82 Å². The molecule has 0 aliphatic heterocycles. The molecule has 36 heavy (non-hydrogen) atoms. The van der Waals surface area contributed by atoms with Crippen LogP contribution in [0.2, 0.25) is 0 Å². The number of rotatable bonds is 5. The van der Waals surface area contributed by atoms with Gasteiger partial charge in [0, 0.05) is 64.9 Å². The van der Waals surface area contributed by atoms with Crippen LogP contribution in [0.25, 0.3) is 55.6 Å². The minimum absolute atomic E-state index is 0.140. The van der Waals surface area contributed by atoms with Crippen molar-refractivity contribution in [2.24, 2.45) is 0 Å². The molecule has 0 atom stereocenters. The van der Waals surface area contributed by atoms with Crippen molar-refractivity contribution in [3.05, 3.63) is 78.8 Å². The van der Waals surface area contributed by atoms with Crippen LogP contribution in [0.4, 0.5) is 4.39 Å². The third kappa shape index (κ3) is 3.95. The van der Waals surface area contributed by atoms with Crippen molar-refractivity contribution < 1.29 is 9.50 Å². The smallest absolute Gasteiger partial charge is 0.155 e. The Kier molecular flexibility index (Phi) is 5.19. The standard InChI is InChI=1S/C27H22FN7O/c1-35(2)14-15-3-17(10-29-9-15)18-6-22-26(33-34-27(22)31-11-18)24-8-21-23(12-30-13-25(21)32-24)16-4-19(28)7-20(36)5-16/h3-13,32,36H,14H2,1-2H3,(H,31,33,34).